The topological polar surface area (TPSA) is 52.8 Å². The third-order valence-electron chi connectivity index (χ3n) is 3.47. The third-order valence-corrected chi connectivity index (χ3v) is 3.47. The van der Waals surface area contributed by atoms with Crippen molar-refractivity contribution in [2.75, 3.05) is 11.9 Å². The largest absolute Gasteiger partial charge is 0.327 e. The molecule has 2 rings (SSSR count). The highest BCUT2D eigenvalue weighted by Gasteiger charge is 2.18. The molecule has 1 aromatic heterocycles. The molecule has 0 N–H and O–H groups in total. The lowest BCUT2D eigenvalue weighted by atomic mass is 10.0. The minimum atomic E-state index is -0.297. The molecule has 1 aromatic carbocycles. The summed E-state index contributed by atoms with van der Waals surface area (Å²) in [7, 11) is 1.79. The van der Waals surface area contributed by atoms with Crippen molar-refractivity contribution in [3.8, 4) is 6.07 Å². The molecule has 4 nitrogen and oxygen atoms in total. The van der Waals surface area contributed by atoms with E-state index in [1.165, 1.54) is 12.1 Å². The van der Waals surface area contributed by atoms with Gasteiger partial charge in [0, 0.05) is 12.7 Å². The van der Waals surface area contributed by atoms with Crippen LogP contribution in [0.15, 0.2) is 24.3 Å². The molecule has 0 aliphatic carbocycles. The van der Waals surface area contributed by atoms with E-state index in [-0.39, 0.29) is 5.82 Å². The summed E-state index contributed by atoms with van der Waals surface area (Å²) >= 11 is 0. The van der Waals surface area contributed by atoms with Crippen LogP contribution in [0.5, 0.6) is 0 Å². The first-order chi connectivity index (χ1) is 10.1. The molecule has 0 atom stereocenters. The molecule has 108 valence electrons. The molecule has 0 amide bonds. The second-order valence-corrected chi connectivity index (χ2v) is 4.68. The van der Waals surface area contributed by atoms with Crippen LogP contribution in [0.25, 0.3) is 0 Å². The number of aromatic nitrogens is 2. The molecule has 1 heterocycles. The lowest BCUT2D eigenvalue weighted by molar-refractivity contribution is 0.628. The molecule has 5 heteroatoms. The predicted molar refractivity (Wildman–Crippen MR) is 80.0 cm³/mol. The summed E-state index contributed by atoms with van der Waals surface area (Å²) < 4.78 is 13.0. The van der Waals surface area contributed by atoms with E-state index < -0.39 is 0 Å². The fraction of sp³-hybridized carbons (Fsp3) is 0.312. The van der Waals surface area contributed by atoms with Crippen LogP contribution in [0, 0.1) is 17.1 Å². The zero-order chi connectivity index (χ0) is 15.4. The van der Waals surface area contributed by atoms with E-state index in [2.05, 4.69) is 16.3 Å². The highest BCUT2D eigenvalue weighted by Crippen LogP contribution is 2.27. The first-order valence-corrected chi connectivity index (χ1v) is 6.90. The quantitative estimate of drug-likeness (QED) is 0.863. The van der Waals surface area contributed by atoms with Crippen molar-refractivity contribution in [2.24, 2.45) is 0 Å². The van der Waals surface area contributed by atoms with Gasteiger partial charge in [0.05, 0.1) is 5.69 Å². The summed E-state index contributed by atoms with van der Waals surface area (Å²) in [6.07, 6.45) is 1.47. The van der Waals surface area contributed by atoms with Gasteiger partial charge in [-0.05, 0) is 42.7 Å². The Kier molecular flexibility index (Phi) is 4.49. The smallest absolute Gasteiger partial charge is 0.173 e. The highest BCUT2D eigenvalue weighted by molar-refractivity contribution is 5.66. The molecule has 2 aromatic rings. The van der Waals surface area contributed by atoms with Crippen LogP contribution in [0.2, 0.25) is 0 Å². The first kappa shape index (κ1) is 14.9. The molecule has 0 saturated carbocycles. The van der Waals surface area contributed by atoms with E-state index >= 15 is 0 Å². The number of benzene rings is 1. The number of nitrogens with zero attached hydrogens (tertiary/aromatic N) is 4. The molecule has 0 radical (unpaired) electrons. The molecular weight excluding hydrogens is 267 g/mol. The van der Waals surface area contributed by atoms with Crippen LogP contribution >= 0.6 is 0 Å². The van der Waals surface area contributed by atoms with Gasteiger partial charge in [-0.3, -0.25) is 0 Å². The second kappa shape index (κ2) is 6.31. The minimum absolute atomic E-state index is 0.297. The van der Waals surface area contributed by atoms with Gasteiger partial charge in [-0.1, -0.05) is 13.8 Å². The van der Waals surface area contributed by atoms with Gasteiger partial charge in [-0.25, -0.2) is 4.39 Å². The number of hydrogen-bond acceptors (Lipinski definition) is 4. The Bertz CT molecular complexity index is 674. The van der Waals surface area contributed by atoms with E-state index in [1.54, 1.807) is 24.1 Å². The minimum Gasteiger partial charge on any atom is -0.327 e. The van der Waals surface area contributed by atoms with Crippen molar-refractivity contribution in [1.82, 2.24) is 10.2 Å². The van der Waals surface area contributed by atoms with Gasteiger partial charge in [0.15, 0.2) is 5.82 Å². The number of aryl methyl sites for hydroxylation is 1. The van der Waals surface area contributed by atoms with Crippen molar-refractivity contribution < 1.29 is 4.39 Å². The Morgan fingerprint density at radius 1 is 1.14 bits per heavy atom. The Labute approximate surface area is 123 Å². The summed E-state index contributed by atoms with van der Waals surface area (Å²) in [4.78, 5) is 1.75. The number of nitriles is 1. The molecule has 0 unspecified atom stereocenters. The first-order valence-electron chi connectivity index (χ1n) is 6.90. The van der Waals surface area contributed by atoms with Crippen molar-refractivity contribution >= 4 is 11.5 Å². The third kappa shape index (κ3) is 2.84. The van der Waals surface area contributed by atoms with Crippen LogP contribution < -0.4 is 4.90 Å². The van der Waals surface area contributed by atoms with Crippen LogP contribution in [0.4, 0.5) is 15.9 Å². The van der Waals surface area contributed by atoms with Gasteiger partial charge in [-0.15, -0.1) is 5.10 Å². The molecule has 0 spiro atoms. The molecule has 0 saturated heterocycles. The number of rotatable bonds is 4. The van der Waals surface area contributed by atoms with Gasteiger partial charge >= 0.3 is 0 Å². The maximum Gasteiger partial charge on any atom is 0.173 e. The molecule has 21 heavy (non-hydrogen) atoms. The molecule has 0 fully saturated rings. The van der Waals surface area contributed by atoms with Crippen molar-refractivity contribution in [1.29, 1.82) is 5.26 Å². The van der Waals surface area contributed by atoms with Crippen LogP contribution in [-0.4, -0.2) is 17.2 Å². The highest BCUT2D eigenvalue weighted by atomic mass is 19.1. The van der Waals surface area contributed by atoms with Crippen LogP contribution in [0.1, 0.15) is 30.7 Å². The maximum absolute atomic E-state index is 13.0. The normalized spacial score (nSPS) is 10.2. The lowest BCUT2D eigenvalue weighted by Crippen LogP contribution is -2.16. The Hall–Kier alpha value is -2.48. The number of hydrogen-bond donors (Lipinski definition) is 0. The summed E-state index contributed by atoms with van der Waals surface area (Å²) in [5.41, 5.74) is 3.08. The van der Waals surface area contributed by atoms with Crippen molar-refractivity contribution in [2.45, 2.75) is 26.7 Å². The van der Waals surface area contributed by atoms with Gasteiger partial charge in [-0.2, -0.15) is 10.4 Å². The van der Waals surface area contributed by atoms with E-state index in [9.17, 15) is 9.65 Å². The van der Waals surface area contributed by atoms with Gasteiger partial charge in [0.1, 0.15) is 17.4 Å². The van der Waals surface area contributed by atoms with E-state index in [0.29, 0.717) is 11.4 Å². The molecular formula is C16H17FN4. The van der Waals surface area contributed by atoms with Crippen molar-refractivity contribution in [3.63, 3.8) is 0 Å². The summed E-state index contributed by atoms with van der Waals surface area (Å²) in [6.45, 7) is 3.99. The van der Waals surface area contributed by atoms with E-state index in [0.717, 1.165) is 29.8 Å². The Morgan fingerprint density at radius 2 is 1.81 bits per heavy atom. The molecule has 0 aliphatic rings. The van der Waals surface area contributed by atoms with E-state index in [1.807, 2.05) is 13.8 Å². The monoisotopic (exact) mass is 284 g/mol. The van der Waals surface area contributed by atoms with Crippen LogP contribution in [-0.2, 0) is 12.8 Å². The molecule has 0 bridgehead atoms. The SMILES string of the molecule is CCc1nnc(N(C)c2ccc(F)cc2)c(C#N)c1CC. The summed E-state index contributed by atoms with van der Waals surface area (Å²) in [5.74, 6) is 0.201. The zero-order valence-electron chi connectivity index (χ0n) is 12.4. The van der Waals surface area contributed by atoms with Gasteiger partial charge < -0.3 is 4.90 Å². The van der Waals surface area contributed by atoms with Crippen molar-refractivity contribution in [3.05, 3.63) is 46.9 Å². The average molecular weight is 284 g/mol. The zero-order valence-corrected chi connectivity index (χ0v) is 12.4. The maximum atomic E-state index is 13.0. The van der Waals surface area contributed by atoms with E-state index in [4.69, 9.17) is 0 Å². The summed E-state index contributed by atoms with van der Waals surface area (Å²) in [6, 6.07) is 8.30. The lowest BCUT2D eigenvalue weighted by Gasteiger charge is -2.20. The van der Waals surface area contributed by atoms with Gasteiger partial charge in [0.2, 0.25) is 0 Å². The fourth-order valence-electron chi connectivity index (χ4n) is 2.30. The standard InChI is InChI=1S/C16H17FN4/c1-4-13-14(10-18)16(20-19-15(13)5-2)21(3)12-8-6-11(17)7-9-12/h6-9H,4-5H2,1-3H3. The average Bonchev–Trinajstić information content (AvgIpc) is 2.53. The van der Waals surface area contributed by atoms with Gasteiger partial charge in [0.25, 0.3) is 0 Å². The number of anilines is 2. The molecule has 0 aliphatic heterocycles. The Morgan fingerprint density at radius 3 is 2.33 bits per heavy atom. The second-order valence-electron chi connectivity index (χ2n) is 4.68. The fourth-order valence-corrected chi connectivity index (χ4v) is 2.30. The van der Waals surface area contributed by atoms with Crippen LogP contribution in [0.3, 0.4) is 0 Å². The predicted octanol–water partition coefficient (Wildman–Crippen LogP) is 3.38. The number of halogens is 1. The Balaban J connectivity index is 2.53. The summed E-state index contributed by atoms with van der Waals surface area (Å²) in [5, 5.41) is 17.9.